The Bertz CT molecular complexity index is 366. The topological polar surface area (TPSA) is 34.1 Å². The Hall–Kier alpha value is -1.14. The minimum atomic E-state index is 0.538. The first kappa shape index (κ1) is 24.9. The third kappa shape index (κ3) is 19.2. The van der Waals surface area contributed by atoms with E-state index in [4.69, 9.17) is 0 Å². The molecule has 0 N–H and O–H groups in total. The molecule has 0 saturated heterocycles. The number of carbonyl (C=O) groups is 1. The molecule has 2 nitrogen and oxygen atoms in total. The number of carbonyl (C=O) groups excluding carboxylic acids is 2. The molecule has 0 aliphatic carbocycles. The van der Waals surface area contributed by atoms with Crippen LogP contribution in [0.5, 0.6) is 0 Å². The van der Waals surface area contributed by atoms with E-state index in [9.17, 15) is 9.59 Å². The smallest absolute Gasteiger partial charge is 0.120 e. The van der Waals surface area contributed by atoms with E-state index < -0.39 is 0 Å². The molecule has 0 amide bonds. The molecule has 0 aromatic rings. The van der Waals surface area contributed by atoms with Gasteiger partial charge in [-0.2, -0.15) is 0 Å². The van der Waals surface area contributed by atoms with Crippen molar-refractivity contribution in [2.45, 2.75) is 116 Å². The SMILES string of the molecule is CCCCCCCCC=CCCCCCC(CC=O)CCCCC=C=O. The molecule has 0 bridgehead atoms. The monoisotopic (exact) mass is 362 g/mol. The predicted octanol–water partition coefficient (Wildman–Crippen LogP) is 7.40. The maximum atomic E-state index is 10.8. The Morgan fingerprint density at radius 3 is 1.88 bits per heavy atom. The first-order valence-corrected chi connectivity index (χ1v) is 11.1. The number of rotatable bonds is 20. The zero-order valence-electron chi connectivity index (χ0n) is 17.2. The highest BCUT2D eigenvalue weighted by Gasteiger charge is 2.07. The van der Waals surface area contributed by atoms with Crippen LogP contribution in [0.3, 0.4) is 0 Å². The fourth-order valence-electron chi connectivity index (χ4n) is 3.40. The Kier molecular flexibility index (Phi) is 20.9. The standard InChI is InChI=1S/C24H42O2/c1-2-3-4-5-6-7-8-9-10-11-12-13-16-19-24(21-23-26)20-17-14-15-18-22-25/h9-10,18,23-24H,2-8,11-17,19-21H2,1H3. The van der Waals surface area contributed by atoms with Crippen molar-refractivity contribution in [2.24, 2.45) is 5.92 Å². The first-order chi connectivity index (χ1) is 12.8. The average Bonchev–Trinajstić information content (AvgIpc) is 2.65. The van der Waals surface area contributed by atoms with Crippen molar-refractivity contribution in [2.75, 3.05) is 0 Å². The average molecular weight is 363 g/mol. The molecule has 150 valence electrons. The Balaban J connectivity index is 3.49. The van der Waals surface area contributed by atoms with Gasteiger partial charge in [-0.3, -0.25) is 0 Å². The molecule has 1 atom stereocenters. The fourth-order valence-corrected chi connectivity index (χ4v) is 3.40. The number of hydrogen-bond acceptors (Lipinski definition) is 2. The van der Waals surface area contributed by atoms with Crippen LogP contribution in [0.25, 0.3) is 0 Å². The molecule has 0 aliphatic heterocycles. The summed E-state index contributed by atoms with van der Waals surface area (Å²) in [6.07, 6.45) is 27.8. The van der Waals surface area contributed by atoms with Crippen LogP contribution in [0.1, 0.15) is 116 Å². The molecule has 1 unspecified atom stereocenters. The zero-order valence-corrected chi connectivity index (χ0v) is 17.2. The largest absolute Gasteiger partial charge is 0.303 e. The second-order valence-corrected chi connectivity index (χ2v) is 7.54. The summed E-state index contributed by atoms with van der Waals surface area (Å²) in [5, 5.41) is 0. The van der Waals surface area contributed by atoms with Crippen molar-refractivity contribution in [1.29, 1.82) is 0 Å². The molecule has 0 radical (unpaired) electrons. The molecule has 0 aliphatic rings. The highest BCUT2D eigenvalue weighted by atomic mass is 16.1. The Labute approximate surface area is 162 Å². The molecule has 0 rings (SSSR count). The molecule has 0 spiro atoms. The molecule has 0 aromatic heterocycles. The van der Waals surface area contributed by atoms with Gasteiger partial charge in [0.05, 0.1) is 0 Å². The van der Waals surface area contributed by atoms with E-state index in [1.165, 1.54) is 77.0 Å². The summed E-state index contributed by atoms with van der Waals surface area (Å²) in [5.74, 6) is 2.36. The van der Waals surface area contributed by atoms with Crippen LogP contribution in [0.15, 0.2) is 18.2 Å². The van der Waals surface area contributed by atoms with Gasteiger partial charge >= 0.3 is 0 Å². The summed E-state index contributed by atoms with van der Waals surface area (Å²) in [6, 6.07) is 0. The van der Waals surface area contributed by atoms with E-state index >= 15 is 0 Å². The lowest BCUT2D eigenvalue weighted by atomic mass is 9.92. The summed E-state index contributed by atoms with van der Waals surface area (Å²) in [4.78, 5) is 20.9. The van der Waals surface area contributed by atoms with Gasteiger partial charge in [0.25, 0.3) is 0 Å². The minimum Gasteiger partial charge on any atom is -0.303 e. The normalized spacial score (nSPS) is 12.2. The predicted molar refractivity (Wildman–Crippen MR) is 113 cm³/mol. The molecule has 0 aromatic carbocycles. The summed E-state index contributed by atoms with van der Waals surface area (Å²) in [5.41, 5.74) is 0. The van der Waals surface area contributed by atoms with E-state index in [0.717, 1.165) is 32.0 Å². The number of hydrogen-bond donors (Lipinski definition) is 0. The van der Waals surface area contributed by atoms with E-state index in [1.807, 2.05) is 5.94 Å². The maximum Gasteiger partial charge on any atom is 0.120 e. The molecular formula is C24H42O2. The highest BCUT2D eigenvalue weighted by Crippen LogP contribution is 2.20. The Morgan fingerprint density at radius 2 is 1.27 bits per heavy atom. The summed E-state index contributed by atoms with van der Waals surface area (Å²) >= 11 is 0. The van der Waals surface area contributed by atoms with Crippen LogP contribution in [0.2, 0.25) is 0 Å². The second-order valence-electron chi connectivity index (χ2n) is 7.54. The quantitative estimate of drug-likeness (QED) is 0.0978. The second kappa shape index (κ2) is 21.9. The fraction of sp³-hybridized carbons (Fsp3) is 0.792. The van der Waals surface area contributed by atoms with Gasteiger partial charge < -0.3 is 4.79 Å². The van der Waals surface area contributed by atoms with Crippen molar-refractivity contribution < 1.29 is 9.59 Å². The lowest BCUT2D eigenvalue weighted by Crippen LogP contribution is -2.01. The van der Waals surface area contributed by atoms with Crippen LogP contribution in [-0.4, -0.2) is 12.2 Å². The van der Waals surface area contributed by atoms with Crippen molar-refractivity contribution in [1.82, 2.24) is 0 Å². The van der Waals surface area contributed by atoms with Gasteiger partial charge in [-0.15, -0.1) is 0 Å². The van der Waals surface area contributed by atoms with Crippen LogP contribution in [0, 0.1) is 5.92 Å². The van der Waals surface area contributed by atoms with Gasteiger partial charge in [-0.25, -0.2) is 4.79 Å². The summed E-state index contributed by atoms with van der Waals surface area (Å²) in [7, 11) is 0. The summed E-state index contributed by atoms with van der Waals surface area (Å²) in [6.45, 7) is 2.26. The van der Waals surface area contributed by atoms with Gasteiger partial charge in [0.15, 0.2) is 0 Å². The van der Waals surface area contributed by atoms with Gasteiger partial charge in [0, 0.05) is 6.42 Å². The van der Waals surface area contributed by atoms with Gasteiger partial charge in [0.2, 0.25) is 0 Å². The molecule has 2 heteroatoms. The van der Waals surface area contributed by atoms with E-state index in [1.54, 1.807) is 6.08 Å². The van der Waals surface area contributed by atoms with Crippen LogP contribution in [-0.2, 0) is 9.59 Å². The summed E-state index contributed by atoms with van der Waals surface area (Å²) < 4.78 is 0. The number of aldehydes is 1. The lowest BCUT2D eigenvalue weighted by molar-refractivity contribution is -0.108. The molecular weight excluding hydrogens is 320 g/mol. The van der Waals surface area contributed by atoms with E-state index in [0.29, 0.717) is 12.3 Å². The molecule has 0 fully saturated rings. The van der Waals surface area contributed by atoms with Crippen molar-refractivity contribution >= 4 is 12.2 Å². The first-order valence-electron chi connectivity index (χ1n) is 11.1. The molecule has 26 heavy (non-hydrogen) atoms. The van der Waals surface area contributed by atoms with E-state index in [2.05, 4.69) is 19.1 Å². The van der Waals surface area contributed by atoms with Crippen LogP contribution >= 0.6 is 0 Å². The van der Waals surface area contributed by atoms with Crippen molar-refractivity contribution in [3.05, 3.63) is 18.2 Å². The van der Waals surface area contributed by atoms with Gasteiger partial charge in [-0.1, -0.05) is 83.3 Å². The van der Waals surface area contributed by atoms with Crippen molar-refractivity contribution in [3.63, 3.8) is 0 Å². The highest BCUT2D eigenvalue weighted by molar-refractivity contribution is 5.49. The van der Waals surface area contributed by atoms with Gasteiger partial charge in [-0.05, 0) is 50.5 Å². The molecule has 0 saturated carbocycles. The van der Waals surface area contributed by atoms with Crippen LogP contribution in [0.4, 0.5) is 0 Å². The molecule has 0 heterocycles. The minimum absolute atomic E-state index is 0.538. The van der Waals surface area contributed by atoms with Gasteiger partial charge in [0.1, 0.15) is 12.2 Å². The van der Waals surface area contributed by atoms with E-state index in [-0.39, 0.29) is 0 Å². The third-order valence-corrected chi connectivity index (χ3v) is 5.10. The third-order valence-electron chi connectivity index (χ3n) is 5.10. The van der Waals surface area contributed by atoms with Crippen LogP contribution < -0.4 is 0 Å². The number of unbranched alkanes of at least 4 members (excludes halogenated alkanes) is 11. The maximum absolute atomic E-state index is 10.8. The zero-order chi connectivity index (χ0) is 19.1. The van der Waals surface area contributed by atoms with Crippen molar-refractivity contribution in [3.8, 4) is 0 Å². The lowest BCUT2D eigenvalue weighted by Gasteiger charge is -2.13. The number of allylic oxidation sites excluding steroid dienone is 3. The Morgan fingerprint density at radius 1 is 0.731 bits per heavy atom.